The Morgan fingerprint density at radius 2 is 1.26 bits per heavy atom. The van der Waals surface area contributed by atoms with Gasteiger partial charge in [-0.3, -0.25) is 0 Å². The predicted octanol–water partition coefficient (Wildman–Crippen LogP) is -0.349. The Labute approximate surface area is 223 Å². The average molecular weight is 553 g/mol. The van der Waals surface area contributed by atoms with Crippen molar-refractivity contribution in [2.45, 2.75) is 55.5 Å². The molecule has 7 N–H and O–H groups in total. The molecule has 0 aliphatic carbocycles. The number of aliphatic hydroxyl groups is 5. The van der Waals surface area contributed by atoms with E-state index in [0.29, 0.717) is 11.1 Å². The second-order valence-electron chi connectivity index (χ2n) is 9.72. The molecule has 13 nitrogen and oxygen atoms in total. The lowest BCUT2D eigenvalue weighted by molar-refractivity contribution is -0.342. The van der Waals surface area contributed by atoms with Crippen LogP contribution in [0, 0.1) is 11.8 Å². The van der Waals surface area contributed by atoms with Crippen LogP contribution in [0.1, 0.15) is 23.3 Å². The number of phenolic OH excluding ortho intramolecular Hbond substituents is 2. The van der Waals surface area contributed by atoms with Crippen LogP contribution in [0.3, 0.4) is 0 Å². The van der Waals surface area contributed by atoms with Gasteiger partial charge in [-0.2, -0.15) is 0 Å². The van der Waals surface area contributed by atoms with Crippen LogP contribution >= 0.6 is 0 Å². The van der Waals surface area contributed by atoms with Crippen LogP contribution in [-0.2, 0) is 18.9 Å². The Bertz CT molecular complexity index is 1110. The van der Waals surface area contributed by atoms with Gasteiger partial charge in [-0.25, -0.2) is 0 Å². The molecule has 0 radical (unpaired) electrons. The quantitative estimate of drug-likeness (QED) is 0.236. The van der Waals surface area contributed by atoms with Gasteiger partial charge in [0, 0.05) is 0 Å². The summed E-state index contributed by atoms with van der Waals surface area (Å²) in [6, 6.07) is 9.14. The first kappa shape index (κ1) is 27.8. The van der Waals surface area contributed by atoms with Crippen LogP contribution in [0.4, 0.5) is 0 Å². The number of hydrogen-bond donors (Lipinski definition) is 7. The lowest BCUT2D eigenvalue weighted by atomic mass is 9.83. The molecule has 11 atom stereocenters. The number of aromatic hydroxyl groups is 2. The third-order valence-electron chi connectivity index (χ3n) is 7.54. The van der Waals surface area contributed by atoms with E-state index in [1.807, 2.05) is 0 Å². The van der Waals surface area contributed by atoms with E-state index in [1.165, 1.54) is 26.4 Å². The molecular formula is C26H32O13. The Balaban J connectivity index is 1.51. The highest BCUT2D eigenvalue weighted by Crippen LogP contribution is 2.57. The smallest absolute Gasteiger partial charge is 0.189 e. The lowest BCUT2D eigenvalue weighted by Crippen LogP contribution is -2.60. The summed E-state index contributed by atoms with van der Waals surface area (Å²) in [7, 11) is 2.79. The van der Waals surface area contributed by atoms with E-state index in [0.717, 1.165) is 0 Å². The van der Waals surface area contributed by atoms with Crippen LogP contribution < -0.4 is 9.47 Å². The third kappa shape index (κ3) is 4.90. The minimum Gasteiger partial charge on any atom is -0.504 e. The maximum atomic E-state index is 11.1. The number of phenols is 2. The van der Waals surface area contributed by atoms with Crippen LogP contribution in [0.2, 0.25) is 0 Å². The van der Waals surface area contributed by atoms with Crippen LogP contribution in [0.15, 0.2) is 36.4 Å². The van der Waals surface area contributed by atoms with Gasteiger partial charge in [-0.15, -0.1) is 0 Å². The van der Waals surface area contributed by atoms with E-state index in [4.69, 9.17) is 28.4 Å². The van der Waals surface area contributed by atoms with E-state index < -0.39 is 73.9 Å². The van der Waals surface area contributed by atoms with Crippen molar-refractivity contribution >= 4 is 0 Å². The Hall–Kier alpha value is -2.72. The van der Waals surface area contributed by atoms with Crippen molar-refractivity contribution in [2.75, 3.05) is 20.8 Å². The minimum atomic E-state index is -1.68. The normalized spacial score (nSPS) is 38.0. The second-order valence-corrected chi connectivity index (χ2v) is 9.72. The number of hydrogen-bond acceptors (Lipinski definition) is 13. The monoisotopic (exact) mass is 552 g/mol. The van der Waals surface area contributed by atoms with Gasteiger partial charge in [0.05, 0.1) is 44.9 Å². The number of fused-ring (bicyclic) bond motifs is 1. The molecule has 0 aromatic heterocycles. The molecular weight excluding hydrogens is 520 g/mol. The van der Waals surface area contributed by atoms with E-state index in [2.05, 4.69) is 0 Å². The van der Waals surface area contributed by atoms with Gasteiger partial charge in [-0.1, -0.05) is 12.1 Å². The number of benzene rings is 2. The molecule has 3 fully saturated rings. The lowest BCUT2D eigenvalue weighted by Gasteiger charge is -2.41. The van der Waals surface area contributed by atoms with Crippen LogP contribution in [-0.4, -0.2) is 99.9 Å². The van der Waals surface area contributed by atoms with Gasteiger partial charge in [0.15, 0.2) is 41.9 Å². The fourth-order valence-corrected chi connectivity index (χ4v) is 5.50. The molecule has 5 rings (SSSR count). The Kier molecular flexibility index (Phi) is 7.88. The molecule has 0 bridgehead atoms. The molecule has 39 heavy (non-hydrogen) atoms. The SMILES string of the molecule is COc1cc([C@H]2O[C@@H](O[C@@H]3O[C@H](CO)[C@H](O)[C@H](O)[C@H]3O)[C@H]3[C@@H]2[C@H](O)O[C@@H]3c2ccc(O)c(OC)c2)ccc1O. The molecule has 214 valence electrons. The summed E-state index contributed by atoms with van der Waals surface area (Å²) in [5.41, 5.74) is 1.07. The molecule has 0 amide bonds. The molecule has 3 saturated heterocycles. The second kappa shape index (κ2) is 11.0. The Morgan fingerprint density at radius 1 is 0.692 bits per heavy atom. The molecule has 0 spiro atoms. The Morgan fingerprint density at radius 3 is 1.79 bits per heavy atom. The van der Waals surface area contributed by atoms with Crippen molar-refractivity contribution in [1.29, 1.82) is 0 Å². The zero-order chi connectivity index (χ0) is 28.0. The number of methoxy groups -OCH3 is 2. The third-order valence-corrected chi connectivity index (χ3v) is 7.54. The predicted molar refractivity (Wildman–Crippen MR) is 129 cm³/mol. The van der Waals surface area contributed by atoms with Gasteiger partial charge in [0.2, 0.25) is 0 Å². The zero-order valence-electron chi connectivity index (χ0n) is 21.1. The molecule has 3 heterocycles. The van der Waals surface area contributed by atoms with Crippen molar-refractivity contribution < 1.29 is 64.2 Å². The summed E-state index contributed by atoms with van der Waals surface area (Å²) in [5.74, 6) is -1.27. The topological polar surface area (TPSA) is 197 Å². The molecule has 13 heteroatoms. The van der Waals surface area contributed by atoms with Gasteiger partial charge < -0.3 is 64.2 Å². The first-order valence-corrected chi connectivity index (χ1v) is 12.4. The van der Waals surface area contributed by atoms with Crippen LogP contribution in [0.25, 0.3) is 0 Å². The highest BCUT2D eigenvalue weighted by molar-refractivity contribution is 5.44. The largest absolute Gasteiger partial charge is 0.504 e. The van der Waals surface area contributed by atoms with Crippen LogP contribution in [0.5, 0.6) is 23.0 Å². The van der Waals surface area contributed by atoms with Crippen molar-refractivity contribution in [3.05, 3.63) is 47.5 Å². The summed E-state index contributed by atoms with van der Waals surface area (Å²) in [6.45, 7) is -0.643. The maximum absolute atomic E-state index is 11.1. The molecule has 3 aliphatic heterocycles. The van der Waals surface area contributed by atoms with E-state index in [9.17, 15) is 35.7 Å². The summed E-state index contributed by atoms with van der Waals surface area (Å²) in [6.07, 6.45) is -11.8. The minimum absolute atomic E-state index is 0.0952. The molecule has 2 aromatic carbocycles. The van der Waals surface area contributed by atoms with Gasteiger partial charge >= 0.3 is 0 Å². The van der Waals surface area contributed by atoms with Crippen molar-refractivity contribution in [1.82, 2.24) is 0 Å². The number of aliphatic hydroxyl groups excluding tert-OH is 5. The molecule has 0 saturated carbocycles. The molecule has 2 aromatic rings. The summed E-state index contributed by atoms with van der Waals surface area (Å²) in [5, 5.41) is 71.7. The van der Waals surface area contributed by atoms with Crippen molar-refractivity contribution in [3.8, 4) is 23.0 Å². The van der Waals surface area contributed by atoms with Crippen molar-refractivity contribution in [2.24, 2.45) is 11.8 Å². The van der Waals surface area contributed by atoms with Gasteiger partial charge in [0.1, 0.15) is 24.4 Å². The first-order valence-electron chi connectivity index (χ1n) is 12.4. The van der Waals surface area contributed by atoms with Gasteiger partial charge in [-0.05, 0) is 35.4 Å². The van der Waals surface area contributed by atoms with E-state index >= 15 is 0 Å². The van der Waals surface area contributed by atoms with E-state index in [-0.39, 0.29) is 23.0 Å². The maximum Gasteiger partial charge on any atom is 0.189 e. The fourth-order valence-electron chi connectivity index (χ4n) is 5.50. The first-order chi connectivity index (χ1) is 18.7. The molecule has 0 unspecified atom stereocenters. The van der Waals surface area contributed by atoms with Crippen molar-refractivity contribution in [3.63, 3.8) is 0 Å². The summed E-state index contributed by atoms with van der Waals surface area (Å²) in [4.78, 5) is 0. The zero-order valence-corrected chi connectivity index (χ0v) is 21.1. The summed E-state index contributed by atoms with van der Waals surface area (Å²) < 4.78 is 34.2. The number of rotatable bonds is 7. The molecule has 3 aliphatic rings. The average Bonchev–Trinajstić information content (AvgIpc) is 3.48. The standard InChI is InChI=1S/C26H32O13/c1-34-14-7-10(3-5-12(14)28)22-17-18(23(37-24(17)33)11-4-6-13(29)15(8-11)35-2)25(38-22)39-26-21(32)20(31)19(30)16(9-27)36-26/h3-8,16-33H,9H2,1-2H3/t16-,17+,18+,19+,20+,21-,22-,23-,24-,25+,26+/m1/s1. The fraction of sp³-hybridized carbons (Fsp3) is 0.538. The highest BCUT2D eigenvalue weighted by Gasteiger charge is 2.60. The number of ether oxygens (including phenoxy) is 6. The van der Waals surface area contributed by atoms with Gasteiger partial charge in [0.25, 0.3) is 0 Å². The summed E-state index contributed by atoms with van der Waals surface area (Å²) >= 11 is 0. The highest BCUT2D eigenvalue weighted by atomic mass is 16.8. The van der Waals surface area contributed by atoms with E-state index in [1.54, 1.807) is 24.3 Å².